The Morgan fingerprint density at radius 1 is 1.23 bits per heavy atom. The summed E-state index contributed by atoms with van der Waals surface area (Å²) in [7, 11) is 0. The van der Waals surface area contributed by atoms with E-state index in [0.717, 1.165) is 15.4 Å². The molecule has 0 aliphatic rings. The predicted octanol–water partition coefficient (Wildman–Crippen LogP) is 2.15. The van der Waals surface area contributed by atoms with E-state index in [2.05, 4.69) is 10.4 Å². The molecule has 1 heterocycles. The molecular formula is C19H19F2N5O5. The van der Waals surface area contributed by atoms with Crippen LogP contribution in [0.5, 0.6) is 17.2 Å². The van der Waals surface area contributed by atoms with Crippen molar-refractivity contribution in [3.63, 3.8) is 0 Å². The molecule has 0 aliphatic heterocycles. The number of hydrogen-bond donors (Lipinski definition) is 2. The molecule has 1 atom stereocenters. The first-order chi connectivity index (χ1) is 14.8. The summed E-state index contributed by atoms with van der Waals surface area (Å²) in [6.07, 6.45) is -0.957. The highest BCUT2D eigenvalue weighted by Gasteiger charge is 2.17. The molecule has 12 heteroatoms. The van der Waals surface area contributed by atoms with Gasteiger partial charge in [-0.15, -0.1) is 0 Å². The number of nitrogen functional groups attached to an aromatic ring is 1. The SMILES string of the molecule is CC(Oc1ccc(Oc2cc(-n3nnn(CCCF)c3=O)c(F)cc2N)cc1)C(=O)O. The second-order valence-electron chi connectivity index (χ2n) is 6.45. The van der Waals surface area contributed by atoms with Crippen LogP contribution in [0.15, 0.2) is 41.2 Å². The van der Waals surface area contributed by atoms with Crippen LogP contribution in [0.1, 0.15) is 13.3 Å². The lowest BCUT2D eigenvalue weighted by atomic mass is 10.2. The predicted molar refractivity (Wildman–Crippen MR) is 105 cm³/mol. The van der Waals surface area contributed by atoms with Crippen molar-refractivity contribution in [3.8, 4) is 22.9 Å². The van der Waals surface area contributed by atoms with Gasteiger partial charge in [0.2, 0.25) is 0 Å². The fourth-order valence-corrected chi connectivity index (χ4v) is 2.55. The van der Waals surface area contributed by atoms with Crippen molar-refractivity contribution in [2.24, 2.45) is 0 Å². The van der Waals surface area contributed by atoms with Crippen molar-refractivity contribution in [2.75, 3.05) is 12.4 Å². The largest absolute Gasteiger partial charge is 0.479 e. The number of tetrazole rings is 1. The van der Waals surface area contributed by atoms with Gasteiger partial charge in [-0.2, -0.15) is 9.36 Å². The molecule has 0 radical (unpaired) electrons. The van der Waals surface area contributed by atoms with Gasteiger partial charge in [0, 0.05) is 12.1 Å². The highest BCUT2D eigenvalue weighted by atomic mass is 19.1. The number of hydrogen-bond acceptors (Lipinski definition) is 7. The van der Waals surface area contributed by atoms with Crippen molar-refractivity contribution in [2.45, 2.75) is 26.0 Å². The second kappa shape index (κ2) is 9.24. The van der Waals surface area contributed by atoms with E-state index in [1.807, 2.05) is 0 Å². The molecule has 1 unspecified atom stereocenters. The summed E-state index contributed by atoms with van der Waals surface area (Å²) in [4.78, 5) is 23.2. The number of aromatic nitrogens is 4. The van der Waals surface area contributed by atoms with Gasteiger partial charge < -0.3 is 20.3 Å². The molecule has 1 aromatic heterocycles. The van der Waals surface area contributed by atoms with E-state index in [1.165, 1.54) is 37.3 Å². The summed E-state index contributed by atoms with van der Waals surface area (Å²) in [5.41, 5.74) is 4.82. The maximum Gasteiger partial charge on any atom is 0.368 e. The molecule has 10 nitrogen and oxygen atoms in total. The van der Waals surface area contributed by atoms with Gasteiger partial charge in [0.25, 0.3) is 0 Å². The fraction of sp³-hybridized carbons (Fsp3) is 0.263. The Labute approximate surface area is 174 Å². The molecule has 3 N–H and O–H groups in total. The van der Waals surface area contributed by atoms with Gasteiger partial charge in [-0.05, 0) is 48.0 Å². The van der Waals surface area contributed by atoms with Crippen LogP contribution in [0.2, 0.25) is 0 Å². The van der Waals surface area contributed by atoms with Crippen molar-refractivity contribution in [3.05, 3.63) is 52.7 Å². The maximum atomic E-state index is 14.4. The highest BCUT2D eigenvalue weighted by molar-refractivity contribution is 5.72. The lowest BCUT2D eigenvalue weighted by Crippen LogP contribution is -2.25. The van der Waals surface area contributed by atoms with Gasteiger partial charge in [-0.1, -0.05) is 0 Å². The first-order valence-electron chi connectivity index (χ1n) is 9.15. The van der Waals surface area contributed by atoms with Gasteiger partial charge in [-0.3, -0.25) is 4.39 Å². The van der Waals surface area contributed by atoms with E-state index in [-0.39, 0.29) is 30.1 Å². The number of nitrogens with two attached hydrogens (primary N) is 1. The monoisotopic (exact) mass is 435 g/mol. The molecular weight excluding hydrogens is 416 g/mol. The molecule has 0 saturated heterocycles. The number of nitrogens with zero attached hydrogens (tertiary/aromatic N) is 4. The zero-order valence-corrected chi connectivity index (χ0v) is 16.4. The lowest BCUT2D eigenvalue weighted by molar-refractivity contribution is -0.144. The highest BCUT2D eigenvalue weighted by Crippen LogP contribution is 2.32. The Morgan fingerprint density at radius 2 is 1.90 bits per heavy atom. The van der Waals surface area contributed by atoms with Crippen LogP contribution in [0.4, 0.5) is 14.5 Å². The standard InChI is InChI=1S/C19H19F2N5O5/c1-11(18(27)28)30-12-3-5-13(6-4-12)31-17-10-16(14(21)9-15(17)22)26-19(29)25(23-24-26)8-2-7-20/h3-6,9-11H,2,7-8,22H2,1H3,(H,27,28). The smallest absolute Gasteiger partial charge is 0.368 e. The molecule has 31 heavy (non-hydrogen) atoms. The number of halogens is 2. The maximum absolute atomic E-state index is 14.4. The number of rotatable bonds is 9. The third-order valence-corrected chi connectivity index (χ3v) is 4.16. The lowest BCUT2D eigenvalue weighted by Gasteiger charge is -2.13. The first-order valence-corrected chi connectivity index (χ1v) is 9.15. The van der Waals surface area contributed by atoms with Crippen LogP contribution in [0.3, 0.4) is 0 Å². The molecule has 3 rings (SSSR count). The molecule has 2 aromatic carbocycles. The quantitative estimate of drug-likeness (QED) is 0.488. The molecule has 0 fully saturated rings. The van der Waals surface area contributed by atoms with Gasteiger partial charge in [0.05, 0.1) is 18.9 Å². The average molecular weight is 435 g/mol. The molecule has 0 amide bonds. The molecule has 164 valence electrons. The fourth-order valence-electron chi connectivity index (χ4n) is 2.55. The van der Waals surface area contributed by atoms with E-state index in [1.54, 1.807) is 0 Å². The van der Waals surface area contributed by atoms with E-state index in [9.17, 15) is 18.4 Å². The number of carboxylic acids is 1. The molecule has 3 aromatic rings. The Balaban J connectivity index is 1.84. The number of carboxylic acid groups (broad SMARTS) is 1. The van der Waals surface area contributed by atoms with Crippen molar-refractivity contribution >= 4 is 11.7 Å². The second-order valence-corrected chi connectivity index (χ2v) is 6.45. The minimum Gasteiger partial charge on any atom is -0.479 e. The van der Waals surface area contributed by atoms with Crippen LogP contribution in [0, 0.1) is 5.82 Å². The number of aliphatic carboxylic acids is 1. The molecule has 0 aliphatic carbocycles. The topological polar surface area (TPSA) is 134 Å². The number of alkyl halides is 1. The summed E-state index contributed by atoms with van der Waals surface area (Å²) < 4.78 is 39.3. The van der Waals surface area contributed by atoms with Crippen LogP contribution in [-0.2, 0) is 11.3 Å². The van der Waals surface area contributed by atoms with Gasteiger partial charge in [-0.25, -0.2) is 14.0 Å². The molecule has 0 spiro atoms. The van der Waals surface area contributed by atoms with Gasteiger partial charge in [0.15, 0.2) is 17.7 Å². The van der Waals surface area contributed by atoms with Crippen molar-refractivity contribution in [1.82, 2.24) is 19.8 Å². The van der Waals surface area contributed by atoms with E-state index >= 15 is 0 Å². The van der Waals surface area contributed by atoms with Gasteiger partial charge in [0.1, 0.15) is 17.2 Å². The number of aryl methyl sites for hydroxylation is 1. The van der Waals surface area contributed by atoms with Gasteiger partial charge >= 0.3 is 11.7 Å². The van der Waals surface area contributed by atoms with Crippen LogP contribution >= 0.6 is 0 Å². The normalized spacial score (nSPS) is 11.8. The van der Waals surface area contributed by atoms with Crippen LogP contribution in [0.25, 0.3) is 5.69 Å². The Morgan fingerprint density at radius 3 is 2.55 bits per heavy atom. The number of carbonyl (C=O) groups is 1. The summed E-state index contributed by atoms with van der Waals surface area (Å²) in [6.45, 7) is 0.764. The summed E-state index contributed by atoms with van der Waals surface area (Å²) in [5, 5.41) is 16.1. The zero-order valence-electron chi connectivity index (χ0n) is 16.4. The van der Waals surface area contributed by atoms with E-state index < -0.39 is 30.3 Å². The number of ether oxygens (including phenoxy) is 2. The van der Waals surface area contributed by atoms with Crippen LogP contribution in [-0.4, -0.2) is 43.6 Å². The minimum absolute atomic E-state index is 0.00416. The first kappa shape index (κ1) is 21.7. The Bertz CT molecular complexity index is 1130. The third kappa shape index (κ3) is 4.97. The minimum atomic E-state index is -1.11. The van der Waals surface area contributed by atoms with E-state index in [4.69, 9.17) is 20.3 Å². The zero-order chi connectivity index (χ0) is 22.5. The van der Waals surface area contributed by atoms with Crippen molar-refractivity contribution < 1.29 is 28.2 Å². The summed E-state index contributed by atoms with van der Waals surface area (Å²) in [5.74, 6) is -1.26. The Kier molecular flexibility index (Phi) is 6.48. The Hall–Kier alpha value is -3.96. The summed E-state index contributed by atoms with van der Waals surface area (Å²) in [6, 6.07) is 8.17. The van der Waals surface area contributed by atoms with Crippen LogP contribution < -0.4 is 20.9 Å². The molecule has 0 bridgehead atoms. The number of benzene rings is 2. The van der Waals surface area contributed by atoms with Crippen molar-refractivity contribution in [1.29, 1.82) is 0 Å². The average Bonchev–Trinajstić information content (AvgIpc) is 3.09. The molecule has 0 saturated carbocycles. The van der Waals surface area contributed by atoms with E-state index in [0.29, 0.717) is 11.5 Å². The number of anilines is 1. The summed E-state index contributed by atoms with van der Waals surface area (Å²) >= 11 is 0. The third-order valence-electron chi connectivity index (χ3n) is 4.16.